The molecule has 6 nitrogen and oxygen atoms in total. The van der Waals surface area contributed by atoms with Gasteiger partial charge in [0.1, 0.15) is 11.5 Å². The fourth-order valence-corrected chi connectivity index (χ4v) is 4.07. The lowest BCUT2D eigenvalue weighted by Gasteiger charge is -2.15. The number of halogens is 1. The van der Waals surface area contributed by atoms with E-state index in [0.29, 0.717) is 11.3 Å². The summed E-state index contributed by atoms with van der Waals surface area (Å²) in [5, 5.41) is 17.3. The number of hydrogen-bond donors (Lipinski definition) is 2. The van der Waals surface area contributed by atoms with Crippen molar-refractivity contribution in [3.63, 3.8) is 0 Å². The number of carbonyl (C=O) groups is 1. The number of alkyl halides is 1. The van der Waals surface area contributed by atoms with E-state index in [-0.39, 0.29) is 18.8 Å². The summed E-state index contributed by atoms with van der Waals surface area (Å²) >= 11 is 0.992. The van der Waals surface area contributed by atoms with Crippen LogP contribution < -0.4 is 5.69 Å². The van der Waals surface area contributed by atoms with Gasteiger partial charge < -0.3 is 10.2 Å². The van der Waals surface area contributed by atoms with Crippen LogP contribution in [-0.4, -0.2) is 49.7 Å². The molecule has 25 heavy (non-hydrogen) atoms. The highest BCUT2D eigenvalue weighted by Crippen LogP contribution is 2.42. The molecule has 0 amide bonds. The van der Waals surface area contributed by atoms with Gasteiger partial charge >= 0.3 is 5.69 Å². The lowest BCUT2D eigenvalue weighted by atomic mass is 10.1. The standard InChI is InChI=1S/C17H17FN2O4S/c18-14-15(23)13(9-21)25-16(14)20-7-6-11(19-17(20)24)8-12(22)10-4-2-1-3-5-10/h1-7,13-16,21,23H,8-9H2/t13-,14+,15-,16-/m1/s1. The molecule has 1 aromatic carbocycles. The lowest BCUT2D eigenvalue weighted by molar-refractivity contribution is 0.0631. The van der Waals surface area contributed by atoms with Crippen LogP contribution in [-0.2, 0) is 6.42 Å². The number of aromatic nitrogens is 2. The van der Waals surface area contributed by atoms with E-state index in [2.05, 4.69) is 4.98 Å². The average molecular weight is 364 g/mol. The Labute approximate surface area is 147 Å². The van der Waals surface area contributed by atoms with E-state index >= 15 is 0 Å². The Balaban J connectivity index is 1.78. The number of nitrogens with zero attached hydrogens (tertiary/aromatic N) is 2. The molecule has 1 fully saturated rings. The Hall–Kier alpha value is -2.03. The summed E-state index contributed by atoms with van der Waals surface area (Å²) in [6.45, 7) is -0.380. The van der Waals surface area contributed by atoms with Gasteiger partial charge in [0, 0.05) is 11.8 Å². The first-order chi connectivity index (χ1) is 12.0. The zero-order valence-corrected chi connectivity index (χ0v) is 14.0. The van der Waals surface area contributed by atoms with Gasteiger partial charge in [0.05, 0.1) is 24.0 Å². The number of Topliss-reactive ketones (excluding diaryl/α,β-unsaturated/α-hetero) is 1. The Bertz CT molecular complexity index is 814. The molecule has 0 unspecified atom stereocenters. The number of ketones is 1. The number of hydrogen-bond acceptors (Lipinski definition) is 6. The minimum Gasteiger partial charge on any atom is -0.395 e. The predicted molar refractivity (Wildman–Crippen MR) is 91.4 cm³/mol. The van der Waals surface area contributed by atoms with Gasteiger partial charge in [-0.2, -0.15) is 4.98 Å². The molecule has 3 rings (SSSR count). The Morgan fingerprint density at radius 2 is 2.00 bits per heavy atom. The molecule has 8 heteroatoms. The highest BCUT2D eigenvalue weighted by molar-refractivity contribution is 8.00. The van der Waals surface area contributed by atoms with Crippen LogP contribution in [0.1, 0.15) is 21.4 Å². The highest BCUT2D eigenvalue weighted by Gasteiger charge is 2.44. The van der Waals surface area contributed by atoms with E-state index in [1.54, 1.807) is 30.3 Å². The molecular weight excluding hydrogens is 347 g/mol. The van der Waals surface area contributed by atoms with Gasteiger partial charge in [0.25, 0.3) is 0 Å². The first-order valence-corrected chi connectivity index (χ1v) is 8.70. The van der Waals surface area contributed by atoms with Crippen molar-refractivity contribution in [2.75, 3.05) is 6.61 Å². The van der Waals surface area contributed by atoms with Gasteiger partial charge in [0.15, 0.2) is 12.0 Å². The van der Waals surface area contributed by atoms with Crippen molar-refractivity contribution in [3.05, 3.63) is 64.3 Å². The number of benzene rings is 1. The van der Waals surface area contributed by atoms with E-state index in [1.807, 2.05) is 0 Å². The molecule has 1 aromatic heterocycles. The number of thioether (sulfide) groups is 1. The molecule has 1 aliphatic heterocycles. The summed E-state index contributed by atoms with van der Waals surface area (Å²) in [6, 6.07) is 10.2. The summed E-state index contributed by atoms with van der Waals surface area (Å²) in [5.74, 6) is -0.167. The molecule has 2 N–H and O–H groups in total. The molecule has 2 heterocycles. The van der Waals surface area contributed by atoms with Gasteiger partial charge in [-0.25, -0.2) is 9.18 Å². The number of aliphatic hydroxyl groups is 2. The van der Waals surface area contributed by atoms with Crippen molar-refractivity contribution in [3.8, 4) is 0 Å². The molecular formula is C17H17FN2O4S. The number of aliphatic hydroxyl groups excluding tert-OH is 2. The van der Waals surface area contributed by atoms with Crippen molar-refractivity contribution < 1.29 is 19.4 Å². The highest BCUT2D eigenvalue weighted by atomic mass is 32.2. The van der Waals surface area contributed by atoms with Gasteiger partial charge in [-0.05, 0) is 6.07 Å². The van der Waals surface area contributed by atoms with Crippen molar-refractivity contribution in [2.24, 2.45) is 0 Å². The minimum atomic E-state index is -1.68. The first-order valence-electron chi connectivity index (χ1n) is 7.76. The molecule has 2 aromatic rings. The summed E-state index contributed by atoms with van der Waals surface area (Å²) in [4.78, 5) is 28.2. The topological polar surface area (TPSA) is 92.4 Å². The Kier molecular flexibility index (Phi) is 5.31. The third kappa shape index (κ3) is 3.65. The Morgan fingerprint density at radius 3 is 2.60 bits per heavy atom. The third-order valence-corrected chi connectivity index (χ3v) is 5.62. The Morgan fingerprint density at radius 1 is 1.28 bits per heavy atom. The van der Waals surface area contributed by atoms with Crippen LogP contribution in [0.5, 0.6) is 0 Å². The van der Waals surface area contributed by atoms with Crippen LogP contribution in [0.3, 0.4) is 0 Å². The maximum Gasteiger partial charge on any atom is 0.348 e. The van der Waals surface area contributed by atoms with Crippen LogP contribution in [0.4, 0.5) is 4.39 Å². The molecule has 4 atom stereocenters. The summed E-state index contributed by atoms with van der Waals surface area (Å²) in [5.41, 5.74) is 0.134. The summed E-state index contributed by atoms with van der Waals surface area (Å²) in [6.07, 6.45) is -1.68. The fraction of sp³-hybridized carbons (Fsp3) is 0.353. The molecule has 0 bridgehead atoms. The molecule has 1 aliphatic rings. The van der Waals surface area contributed by atoms with Crippen LogP contribution in [0, 0.1) is 0 Å². The second kappa shape index (κ2) is 7.47. The minimum absolute atomic E-state index is 0.0289. The predicted octanol–water partition coefficient (Wildman–Crippen LogP) is 0.974. The largest absolute Gasteiger partial charge is 0.395 e. The van der Waals surface area contributed by atoms with Crippen molar-refractivity contribution in [2.45, 2.75) is 29.3 Å². The molecule has 1 saturated heterocycles. The van der Waals surface area contributed by atoms with Gasteiger partial charge in [-0.1, -0.05) is 30.3 Å². The maximum absolute atomic E-state index is 14.2. The summed E-state index contributed by atoms with van der Waals surface area (Å²) < 4.78 is 15.3. The quantitative estimate of drug-likeness (QED) is 0.769. The van der Waals surface area contributed by atoms with E-state index in [9.17, 15) is 19.1 Å². The zero-order chi connectivity index (χ0) is 18.0. The molecule has 0 radical (unpaired) electrons. The summed E-state index contributed by atoms with van der Waals surface area (Å²) in [7, 11) is 0. The third-order valence-electron chi connectivity index (χ3n) is 4.07. The fourth-order valence-electron chi connectivity index (χ4n) is 2.71. The average Bonchev–Trinajstić information content (AvgIpc) is 2.91. The zero-order valence-electron chi connectivity index (χ0n) is 13.2. The molecule has 0 aliphatic carbocycles. The van der Waals surface area contributed by atoms with E-state index < -0.39 is 28.6 Å². The van der Waals surface area contributed by atoms with Gasteiger partial charge in [0.2, 0.25) is 0 Å². The molecule has 0 saturated carbocycles. The van der Waals surface area contributed by atoms with E-state index in [4.69, 9.17) is 5.11 Å². The monoisotopic (exact) mass is 364 g/mol. The normalized spacial score (nSPS) is 25.9. The first kappa shape index (κ1) is 17.8. The smallest absolute Gasteiger partial charge is 0.348 e. The van der Waals surface area contributed by atoms with Crippen molar-refractivity contribution in [1.29, 1.82) is 0 Å². The van der Waals surface area contributed by atoms with Crippen molar-refractivity contribution in [1.82, 2.24) is 9.55 Å². The lowest BCUT2D eigenvalue weighted by Crippen LogP contribution is -2.33. The maximum atomic E-state index is 14.2. The second-order valence-corrected chi connectivity index (χ2v) is 7.12. The van der Waals surface area contributed by atoms with Gasteiger partial charge in [-0.3, -0.25) is 9.36 Å². The molecule has 132 valence electrons. The van der Waals surface area contributed by atoms with Crippen LogP contribution in [0.2, 0.25) is 0 Å². The van der Waals surface area contributed by atoms with Crippen LogP contribution >= 0.6 is 11.8 Å². The number of rotatable bonds is 5. The van der Waals surface area contributed by atoms with Crippen molar-refractivity contribution >= 4 is 17.5 Å². The SMILES string of the molecule is O=C(Cc1ccn([C@@H]2S[C@H](CO)[C@@H](O)[C@@H]2F)c(=O)n1)c1ccccc1. The van der Waals surface area contributed by atoms with Crippen LogP contribution in [0.15, 0.2) is 47.4 Å². The van der Waals surface area contributed by atoms with Gasteiger partial charge in [-0.15, -0.1) is 11.8 Å². The molecule has 0 spiro atoms. The van der Waals surface area contributed by atoms with E-state index in [0.717, 1.165) is 16.3 Å². The van der Waals surface area contributed by atoms with Crippen LogP contribution in [0.25, 0.3) is 0 Å². The number of carbonyl (C=O) groups excluding carboxylic acids is 1. The van der Waals surface area contributed by atoms with E-state index in [1.165, 1.54) is 12.3 Å². The second-order valence-electron chi connectivity index (χ2n) is 5.76.